The molecule has 1 N–H and O–H groups in total. The Bertz CT molecular complexity index is 989. The lowest BCUT2D eigenvalue weighted by molar-refractivity contribution is 0.0746. The van der Waals surface area contributed by atoms with E-state index in [-0.39, 0.29) is 17.3 Å². The third kappa shape index (κ3) is 4.99. The number of hydrogen-bond acceptors (Lipinski definition) is 4. The van der Waals surface area contributed by atoms with Crippen molar-refractivity contribution >= 4 is 17.5 Å². The number of benzene rings is 2. The number of nitrogens with zero attached hydrogens (tertiary/aromatic N) is 2. The predicted molar refractivity (Wildman–Crippen MR) is 112 cm³/mol. The van der Waals surface area contributed by atoms with Crippen LogP contribution >= 0.6 is 0 Å². The second-order valence-electron chi connectivity index (χ2n) is 6.37. The van der Waals surface area contributed by atoms with Gasteiger partial charge in [0.25, 0.3) is 11.8 Å². The monoisotopic (exact) mass is 389 g/mol. The van der Waals surface area contributed by atoms with E-state index in [9.17, 15) is 9.59 Å². The maximum absolute atomic E-state index is 12.9. The van der Waals surface area contributed by atoms with E-state index in [0.717, 1.165) is 5.56 Å². The lowest BCUT2D eigenvalue weighted by Gasteiger charge is -2.20. The lowest BCUT2D eigenvalue weighted by Crippen LogP contribution is -2.31. The number of aromatic nitrogens is 1. The minimum atomic E-state index is -0.407. The van der Waals surface area contributed by atoms with Gasteiger partial charge in [-0.25, -0.2) is 4.98 Å². The number of amides is 2. The largest absolute Gasteiger partial charge is 0.495 e. The third-order valence-electron chi connectivity index (χ3n) is 4.44. The van der Waals surface area contributed by atoms with Crippen LogP contribution in [0, 0.1) is 0 Å². The smallest absolute Gasteiger partial charge is 0.274 e. The number of anilines is 1. The van der Waals surface area contributed by atoms with Crippen molar-refractivity contribution in [3.05, 3.63) is 89.7 Å². The summed E-state index contributed by atoms with van der Waals surface area (Å²) in [6, 6.07) is 21.7. The highest BCUT2D eigenvalue weighted by Crippen LogP contribution is 2.23. The summed E-state index contributed by atoms with van der Waals surface area (Å²) >= 11 is 0. The molecule has 0 saturated carbocycles. The van der Waals surface area contributed by atoms with Crippen molar-refractivity contribution in [3.8, 4) is 5.75 Å². The zero-order valence-electron chi connectivity index (χ0n) is 16.5. The fourth-order valence-corrected chi connectivity index (χ4v) is 2.91. The summed E-state index contributed by atoms with van der Waals surface area (Å²) in [5, 5.41) is 2.78. The normalized spacial score (nSPS) is 10.3. The molecule has 6 heteroatoms. The zero-order valence-corrected chi connectivity index (χ0v) is 16.5. The van der Waals surface area contributed by atoms with E-state index in [2.05, 4.69) is 10.3 Å². The number of nitrogens with one attached hydrogen (secondary N) is 1. The maximum atomic E-state index is 12.9. The van der Waals surface area contributed by atoms with Gasteiger partial charge >= 0.3 is 0 Å². The molecule has 0 spiro atoms. The van der Waals surface area contributed by atoms with Crippen molar-refractivity contribution in [2.45, 2.75) is 13.5 Å². The van der Waals surface area contributed by atoms with Gasteiger partial charge in [-0.2, -0.15) is 0 Å². The van der Waals surface area contributed by atoms with Crippen molar-refractivity contribution in [2.24, 2.45) is 0 Å². The van der Waals surface area contributed by atoms with Gasteiger partial charge in [0.1, 0.15) is 17.1 Å². The minimum Gasteiger partial charge on any atom is -0.495 e. The summed E-state index contributed by atoms with van der Waals surface area (Å²) in [7, 11) is 1.54. The molecule has 29 heavy (non-hydrogen) atoms. The fourth-order valence-electron chi connectivity index (χ4n) is 2.91. The summed E-state index contributed by atoms with van der Waals surface area (Å²) in [6.45, 7) is 2.93. The van der Waals surface area contributed by atoms with Crippen LogP contribution in [0.2, 0.25) is 0 Å². The number of methoxy groups -OCH3 is 1. The summed E-state index contributed by atoms with van der Waals surface area (Å²) < 4.78 is 5.25. The van der Waals surface area contributed by atoms with Gasteiger partial charge in [-0.3, -0.25) is 9.59 Å². The second kappa shape index (κ2) is 9.50. The van der Waals surface area contributed by atoms with Crippen LogP contribution in [-0.4, -0.2) is 35.4 Å². The molecule has 0 saturated heterocycles. The molecule has 0 fully saturated rings. The van der Waals surface area contributed by atoms with Crippen LogP contribution in [0.15, 0.2) is 72.8 Å². The number of ether oxygens (including phenoxy) is 1. The van der Waals surface area contributed by atoms with Crippen LogP contribution in [0.4, 0.5) is 5.69 Å². The highest BCUT2D eigenvalue weighted by molar-refractivity contribution is 6.04. The molecule has 6 nitrogen and oxygen atoms in total. The summed E-state index contributed by atoms with van der Waals surface area (Å²) in [4.78, 5) is 31.5. The molecule has 0 unspecified atom stereocenters. The summed E-state index contributed by atoms with van der Waals surface area (Å²) in [6.07, 6.45) is 0. The second-order valence-corrected chi connectivity index (χ2v) is 6.37. The van der Waals surface area contributed by atoms with Gasteiger partial charge in [0.2, 0.25) is 0 Å². The van der Waals surface area contributed by atoms with E-state index >= 15 is 0 Å². The molecule has 1 heterocycles. The number of para-hydroxylation sites is 2. The Hall–Kier alpha value is -3.67. The van der Waals surface area contributed by atoms with E-state index in [1.165, 1.54) is 7.11 Å². The zero-order chi connectivity index (χ0) is 20.6. The molecule has 0 atom stereocenters. The first kappa shape index (κ1) is 20.1. The highest BCUT2D eigenvalue weighted by atomic mass is 16.5. The van der Waals surface area contributed by atoms with Crippen LogP contribution in [0.5, 0.6) is 5.75 Å². The molecular formula is C23H23N3O3. The Morgan fingerprint density at radius 1 is 0.931 bits per heavy atom. The predicted octanol–water partition coefficient (Wildman–Crippen LogP) is 4.00. The van der Waals surface area contributed by atoms with Gasteiger partial charge in [-0.1, -0.05) is 48.5 Å². The lowest BCUT2D eigenvalue weighted by atomic mass is 10.2. The Morgan fingerprint density at radius 2 is 1.62 bits per heavy atom. The molecular weight excluding hydrogens is 366 g/mol. The minimum absolute atomic E-state index is 0.164. The average Bonchev–Trinajstić information content (AvgIpc) is 2.78. The molecule has 3 rings (SSSR count). The number of hydrogen-bond donors (Lipinski definition) is 1. The van der Waals surface area contributed by atoms with Gasteiger partial charge in [-0.05, 0) is 36.8 Å². The first-order valence-corrected chi connectivity index (χ1v) is 9.37. The van der Waals surface area contributed by atoms with Crippen LogP contribution in [0.3, 0.4) is 0 Å². The maximum Gasteiger partial charge on any atom is 0.274 e. The number of carbonyl (C=O) groups excluding carboxylic acids is 2. The average molecular weight is 389 g/mol. The number of pyridine rings is 1. The molecule has 0 aliphatic heterocycles. The van der Waals surface area contributed by atoms with E-state index < -0.39 is 5.91 Å². The molecule has 0 aliphatic carbocycles. The van der Waals surface area contributed by atoms with Gasteiger partial charge in [0.05, 0.1) is 12.8 Å². The van der Waals surface area contributed by atoms with Crippen molar-refractivity contribution < 1.29 is 14.3 Å². The summed E-state index contributed by atoms with van der Waals surface area (Å²) in [5.41, 5.74) is 1.97. The number of carbonyl (C=O) groups is 2. The molecule has 0 aliphatic rings. The third-order valence-corrected chi connectivity index (χ3v) is 4.44. The Kier molecular flexibility index (Phi) is 6.58. The quantitative estimate of drug-likeness (QED) is 0.663. The van der Waals surface area contributed by atoms with Crippen LogP contribution in [-0.2, 0) is 6.54 Å². The number of rotatable bonds is 7. The topological polar surface area (TPSA) is 71.5 Å². The fraction of sp³-hybridized carbons (Fsp3) is 0.174. The van der Waals surface area contributed by atoms with E-state index in [4.69, 9.17) is 4.74 Å². The molecule has 148 valence electrons. The molecule has 0 radical (unpaired) electrons. The van der Waals surface area contributed by atoms with Crippen molar-refractivity contribution in [3.63, 3.8) is 0 Å². The first-order chi connectivity index (χ1) is 14.1. The van der Waals surface area contributed by atoms with E-state index in [0.29, 0.717) is 24.5 Å². The molecule has 3 aromatic rings. The standard InChI is InChI=1S/C23H23N3O3/c1-3-26(16-17-10-5-4-6-11-17)23(28)20-14-9-13-19(24-20)22(27)25-18-12-7-8-15-21(18)29-2/h4-15H,3,16H2,1-2H3,(H,25,27). The highest BCUT2D eigenvalue weighted by Gasteiger charge is 2.18. The Labute approximate surface area is 170 Å². The van der Waals surface area contributed by atoms with Crippen LogP contribution in [0.25, 0.3) is 0 Å². The van der Waals surface area contributed by atoms with Crippen molar-refractivity contribution in [1.29, 1.82) is 0 Å². The molecule has 2 aromatic carbocycles. The van der Waals surface area contributed by atoms with Gasteiger partial charge in [0, 0.05) is 13.1 Å². The molecule has 1 aromatic heterocycles. The SMILES string of the molecule is CCN(Cc1ccccc1)C(=O)c1cccc(C(=O)Nc2ccccc2OC)n1. The van der Waals surface area contributed by atoms with Gasteiger partial charge < -0.3 is 15.0 Å². The van der Waals surface area contributed by atoms with Crippen LogP contribution < -0.4 is 10.1 Å². The molecule has 0 bridgehead atoms. The van der Waals surface area contributed by atoms with Gasteiger partial charge in [0.15, 0.2) is 0 Å². The molecule has 2 amide bonds. The van der Waals surface area contributed by atoms with Crippen molar-refractivity contribution in [1.82, 2.24) is 9.88 Å². The summed E-state index contributed by atoms with van der Waals surface area (Å²) in [5.74, 6) is -0.0772. The van der Waals surface area contributed by atoms with Crippen molar-refractivity contribution in [2.75, 3.05) is 19.0 Å². The first-order valence-electron chi connectivity index (χ1n) is 9.37. The van der Waals surface area contributed by atoms with E-state index in [1.807, 2.05) is 43.3 Å². The van der Waals surface area contributed by atoms with E-state index in [1.54, 1.807) is 41.3 Å². The Balaban J connectivity index is 1.77. The van der Waals surface area contributed by atoms with Gasteiger partial charge in [-0.15, -0.1) is 0 Å². The Morgan fingerprint density at radius 3 is 2.34 bits per heavy atom. The van der Waals surface area contributed by atoms with Crippen LogP contribution in [0.1, 0.15) is 33.5 Å².